The van der Waals surface area contributed by atoms with Gasteiger partial charge in [-0.25, -0.2) is 5.06 Å². The van der Waals surface area contributed by atoms with Gasteiger partial charge in [-0.05, 0) is 31.4 Å². The second-order valence-corrected chi connectivity index (χ2v) is 9.32. The minimum absolute atomic E-state index is 0.00740. The van der Waals surface area contributed by atoms with E-state index in [4.69, 9.17) is 9.57 Å². The van der Waals surface area contributed by atoms with Gasteiger partial charge in [0, 0.05) is 25.0 Å². The van der Waals surface area contributed by atoms with E-state index in [1.165, 1.54) is 5.06 Å². The van der Waals surface area contributed by atoms with E-state index in [1.54, 1.807) is 7.11 Å². The fourth-order valence-corrected chi connectivity index (χ4v) is 5.37. The van der Waals surface area contributed by atoms with Crippen LogP contribution in [0.2, 0.25) is 0 Å². The average molecular weight is 426 g/mol. The van der Waals surface area contributed by atoms with Crippen molar-refractivity contribution in [3.8, 4) is 0 Å². The van der Waals surface area contributed by atoms with Gasteiger partial charge in [0.2, 0.25) is 5.91 Å². The molecule has 7 heteroatoms. The molecule has 2 aliphatic heterocycles. The quantitative estimate of drug-likeness (QED) is 0.619. The summed E-state index contributed by atoms with van der Waals surface area (Å²) in [6, 6.07) is 9.24. The van der Waals surface area contributed by atoms with Gasteiger partial charge in [-0.3, -0.25) is 14.4 Å². The summed E-state index contributed by atoms with van der Waals surface area (Å²) in [5.74, 6) is -0.731. The lowest BCUT2D eigenvalue weighted by Gasteiger charge is -2.34. The lowest BCUT2D eigenvalue weighted by molar-refractivity contribution is -0.187. The molecule has 3 fully saturated rings. The molecule has 2 amide bonds. The second kappa shape index (κ2) is 8.04. The van der Waals surface area contributed by atoms with Gasteiger partial charge in [0.15, 0.2) is 0 Å². The Morgan fingerprint density at radius 2 is 2.16 bits per heavy atom. The van der Waals surface area contributed by atoms with Gasteiger partial charge in [0.25, 0.3) is 5.91 Å². The molecule has 31 heavy (non-hydrogen) atoms. The van der Waals surface area contributed by atoms with Crippen molar-refractivity contribution in [3.05, 3.63) is 48.0 Å². The molecule has 2 N–H and O–H groups in total. The molecule has 0 radical (unpaired) electrons. The Morgan fingerprint density at radius 1 is 1.35 bits per heavy atom. The molecule has 4 aliphatic rings. The van der Waals surface area contributed by atoms with Crippen molar-refractivity contribution < 1.29 is 19.2 Å². The van der Waals surface area contributed by atoms with Gasteiger partial charge in [0.05, 0.1) is 24.2 Å². The van der Waals surface area contributed by atoms with E-state index in [1.807, 2.05) is 43.3 Å². The Kier molecular flexibility index (Phi) is 5.36. The highest BCUT2D eigenvalue weighted by molar-refractivity contribution is 5.89. The van der Waals surface area contributed by atoms with Gasteiger partial charge >= 0.3 is 0 Å². The van der Waals surface area contributed by atoms with Crippen molar-refractivity contribution in [3.63, 3.8) is 0 Å². The third kappa shape index (κ3) is 3.58. The first kappa shape index (κ1) is 20.7. The smallest absolute Gasteiger partial charge is 0.269 e. The summed E-state index contributed by atoms with van der Waals surface area (Å²) in [5, 5.41) is 7.95. The molecule has 1 aromatic carbocycles. The van der Waals surface area contributed by atoms with E-state index >= 15 is 0 Å². The van der Waals surface area contributed by atoms with Gasteiger partial charge in [-0.1, -0.05) is 49.4 Å². The van der Waals surface area contributed by atoms with Gasteiger partial charge in [-0.2, -0.15) is 0 Å². The molecule has 7 nitrogen and oxygen atoms in total. The summed E-state index contributed by atoms with van der Waals surface area (Å²) in [6.07, 6.45) is 7.52. The zero-order valence-electron chi connectivity index (χ0n) is 18.1. The predicted molar refractivity (Wildman–Crippen MR) is 115 cm³/mol. The molecule has 2 saturated heterocycles. The van der Waals surface area contributed by atoms with Crippen LogP contribution < -0.4 is 10.6 Å². The van der Waals surface area contributed by atoms with Crippen molar-refractivity contribution >= 4 is 11.8 Å². The number of carbonyl (C=O) groups excluding carboxylic acids is 2. The minimum atomic E-state index is -0.685. The molecule has 5 rings (SSSR count). The number of ether oxygens (including phenoxy) is 1. The van der Waals surface area contributed by atoms with Crippen LogP contribution in [0.3, 0.4) is 0 Å². The Morgan fingerprint density at radius 3 is 2.77 bits per heavy atom. The molecule has 0 aromatic heterocycles. The van der Waals surface area contributed by atoms with E-state index in [-0.39, 0.29) is 47.4 Å². The van der Waals surface area contributed by atoms with Crippen molar-refractivity contribution in [2.45, 2.75) is 62.9 Å². The largest absolute Gasteiger partial charge is 0.379 e. The first-order valence-corrected chi connectivity index (χ1v) is 11.3. The van der Waals surface area contributed by atoms with Crippen molar-refractivity contribution in [2.75, 3.05) is 13.7 Å². The Hall–Kier alpha value is -2.22. The molecule has 2 heterocycles. The van der Waals surface area contributed by atoms with Crippen LogP contribution in [0.1, 0.15) is 31.7 Å². The number of nitrogens with zero attached hydrogens (tertiary/aromatic N) is 1. The number of methoxy groups -OCH3 is 1. The lowest BCUT2D eigenvalue weighted by atomic mass is 9.85. The number of hydrogen-bond donors (Lipinski definition) is 2. The first-order valence-electron chi connectivity index (χ1n) is 11.3. The van der Waals surface area contributed by atoms with Crippen LogP contribution in [-0.2, 0) is 25.6 Å². The number of carbonyl (C=O) groups is 2. The average Bonchev–Trinajstić information content (AvgIpc) is 3.18. The molecule has 3 unspecified atom stereocenters. The maximum absolute atomic E-state index is 13.5. The van der Waals surface area contributed by atoms with Gasteiger partial charge in [-0.15, -0.1) is 0 Å². The highest BCUT2D eigenvalue weighted by Crippen LogP contribution is 2.64. The van der Waals surface area contributed by atoms with E-state index < -0.39 is 6.04 Å². The van der Waals surface area contributed by atoms with Crippen molar-refractivity contribution in [1.82, 2.24) is 15.7 Å². The highest BCUT2D eigenvalue weighted by atomic mass is 16.7. The molecule has 2 aliphatic carbocycles. The molecule has 1 aromatic rings. The van der Waals surface area contributed by atoms with Crippen LogP contribution in [-0.4, -0.2) is 60.9 Å². The summed E-state index contributed by atoms with van der Waals surface area (Å²) in [6.45, 7) is 2.82. The number of nitrogens with one attached hydrogen (secondary N) is 2. The molecular formula is C24H31N3O4. The van der Waals surface area contributed by atoms with Crippen LogP contribution in [0.4, 0.5) is 0 Å². The normalized spacial score (nSPS) is 33.1. The zero-order valence-corrected chi connectivity index (χ0v) is 18.1. The number of hydroxylamine groups is 2. The monoisotopic (exact) mass is 425 g/mol. The maximum Gasteiger partial charge on any atom is 0.269 e. The predicted octanol–water partition coefficient (Wildman–Crippen LogP) is 1.59. The van der Waals surface area contributed by atoms with Gasteiger partial charge in [0.1, 0.15) is 6.04 Å². The summed E-state index contributed by atoms with van der Waals surface area (Å²) < 4.78 is 5.68. The molecule has 166 valence electrons. The van der Waals surface area contributed by atoms with E-state index in [2.05, 4.69) is 16.7 Å². The number of rotatable bonds is 8. The fourth-order valence-electron chi connectivity index (χ4n) is 5.37. The van der Waals surface area contributed by atoms with Crippen LogP contribution in [0.25, 0.3) is 0 Å². The SMILES string of the molecule is CO[C@@H]([C@@H]1CCCN1)[C@@H](C)C(=O)N[C@@H](Cc1ccccc1)C(=O)N1OC2CC23C=CC13. The third-order valence-corrected chi connectivity index (χ3v) is 7.40. The molecule has 1 spiro atoms. The van der Waals surface area contributed by atoms with Crippen LogP contribution in [0, 0.1) is 11.3 Å². The van der Waals surface area contributed by atoms with Crippen LogP contribution >= 0.6 is 0 Å². The topological polar surface area (TPSA) is 79.9 Å². The maximum atomic E-state index is 13.5. The van der Waals surface area contributed by atoms with E-state index in [9.17, 15) is 9.59 Å². The Labute approximate surface area is 183 Å². The Bertz CT molecular complexity index is 869. The summed E-state index contributed by atoms with van der Waals surface area (Å²) >= 11 is 0. The highest BCUT2D eigenvalue weighted by Gasteiger charge is 2.71. The summed E-state index contributed by atoms with van der Waals surface area (Å²) in [4.78, 5) is 32.6. The summed E-state index contributed by atoms with van der Waals surface area (Å²) in [7, 11) is 1.65. The zero-order chi connectivity index (χ0) is 21.6. The van der Waals surface area contributed by atoms with E-state index in [0.29, 0.717) is 6.42 Å². The van der Waals surface area contributed by atoms with Gasteiger partial charge < -0.3 is 15.4 Å². The van der Waals surface area contributed by atoms with E-state index in [0.717, 1.165) is 31.4 Å². The first-order chi connectivity index (χ1) is 15.0. The lowest BCUT2D eigenvalue weighted by Crippen LogP contribution is -2.55. The third-order valence-electron chi connectivity index (χ3n) is 7.40. The minimum Gasteiger partial charge on any atom is -0.379 e. The fraction of sp³-hybridized carbons (Fsp3) is 0.583. The molecule has 7 atom stereocenters. The molecule has 0 bridgehead atoms. The van der Waals surface area contributed by atoms with Crippen molar-refractivity contribution in [1.29, 1.82) is 0 Å². The second-order valence-electron chi connectivity index (χ2n) is 9.32. The number of amides is 2. The molecule has 1 saturated carbocycles. The summed E-state index contributed by atoms with van der Waals surface area (Å²) in [5.41, 5.74) is 1.03. The number of benzene rings is 1. The van der Waals surface area contributed by atoms with Crippen molar-refractivity contribution in [2.24, 2.45) is 11.3 Å². The van der Waals surface area contributed by atoms with Crippen LogP contribution in [0.5, 0.6) is 0 Å². The molecular weight excluding hydrogens is 394 g/mol. The van der Waals surface area contributed by atoms with Crippen LogP contribution in [0.15, 0.2) is 42.5 Å². The standard InChI is InChI=1S/C24H31N3O4/c1-15(21(30-2)17-9-6-12-25-17)22(28)26-18(13-16-7-4-3-5-8-16)23(29)27-19-10-11-24(19)14-20(24)31-27/h3-5,7-8,10-11,15,17-21,25H,6,9,12-14H2,1-2H3,(H,26,28)/t15-,17+,18+,19?,20?,21-,24?/m1/s1. The number of hydrogen-bond acceptors (Lipinski definition) is 5. The Balaban J connectivity index is 1.31.